The molecule has 0 saturated carbocycles. The van der Waals surface area contributed by atoms with E-state index in [1.165, 1.54) is 42.9 Å². The average Bonchev–Trinajstić information content (AvgIpc) is 3.13. The maximum atomic E-state index is 13.0. The van der Waals surface area contributed by atoms with Crippen LogP contribution in [0.5, 0.6) is 5.75 Å². The van der Waals surface area contributed by atoms with Crippen molar-refractivity contribution in [3.05, 3.63) is 48.3 Å². The number of ether oxygens (including phenoxy) is 1. The van der Waals surface area contributed by atoms with E-state index >= 15 is 0 Å². The largest absolute Gasteiger partial charge is 0.573 e. The number of rotatable bonds is 5. The number of aromatic nitrogens is 5. The number of benzene rings is 1. The fourth-order valence-electron chi connectivity index (χ4n) is 3.35. The van der Waals surface area contributed by atoms with Gasteiger partial charge in [0.2, 0.25) is 0 Å². The number of pyridine rings is 1. The van der Waals surface area contributed by atoms with E-state index in [9.17, 15) is 34.8 Å². The molecular weight excluding hydrogens is 516 g/mol. The monoisotopic (exact) mass is 531 g/mol. The summed E-state index contributed by atoms with van der Waals surface area (Å²) in [5.74, 6) is -0.853. The minimum atomic E-state index is -4.87. The Morgan fingerprint density at radius 2 is 1.64 bits per heavy atom. The van der Waals surface area contributed by atoms with Gasteiger partial charge in [0.15, 0.2) is 27.0 Å². The van der Waals surface area contributed by atoms with Crippen molar-refractivity contribution >= 4 is 21.0 Å². The van der Waals surface area contributed by atoms with Crippen molar-refractivity contribution < 1.29 is 39.5 Å². The molecule has 0 N–H and O–H groups in total. The summed E-state index contributed by atoms with van der Waals surface area (Å²) in [6, 6.07) is 6.68. The Kier molecular flexibility index (Phi) is 6.14. The van der Waals surface area contributed by atoms with Gasteiger partial charge in [-0.3, -0.25) is 4.98 Å². The van der Waals surface area contributed by atoms with Crippen molar-refractivity contribution in [1.82, 2.24) is 24.7 Å². The van der Waals surface area contributed by atoms with Gasteiger partial charge in [0, 0.05) is 24.9 Å². The van der Waals surface area contributed by atoms with Crippen molar-refractivity contribution in [3.63, 3.8) is 0 Å². The molecule has 190 valence electrons. The van der Waals surface area contributed by atoms with Crippen LogP contribution in [0.2, 0.25) is 0 Å². The lowest BCUT2D eigenvalue weighted by atomic mass is 10.1. The van der Waals surface area contributed by atoms with Gasteiger partial charge in [-0.25, -0.2) is 13.4 Å². The summed E-state index contributed by atoms with van der Waals surface area (Å²) >= 11 is 0. The first kappa shape index (κ1) is 25.3. The van der Waals surface area contributed by atoms with Gasteiger partial charge in [-0.2, -0.15) is 13.2 Å². The summed E-state index contributed by atoms with van der Waals surface area (Å²) < 4.78 is 107. The molecule has 4 rings (SSSR count). The third-order valence-electron chi connectivity index (χ3n) is 5.11. The molecule has 0 fully saturated rings. The Balaban J connectivity index is 1.84. The molecule has 0 aliphatic rings. The second-order valence-corrected chi connectivity index (χ2v) is 9.72. The predicted molar refractivity (Wildman–Crippen MR) is 114 cm³/mol. The summed E-state index contributed by atoms with van der Waals surface area (Å²) in [4.78, 5) is 8.06. The third-order valence-corrected chi connectivity index (χ3v) is 6.85. The lowest BCUT2D eigenvalue weighted by molar-refractivity contribution is -0.274. The van der Waals surface area contributed by atoms with Crippen molar-refractivity contribution in [3.8, 4) is 28.4 Å². The van der Waals surface area contributed by atoms with E-state index in [2.05, 4.69) is 24.9 Å². The molecule has 0 atom stereocenters. The zero-order chi connectivity index (χ0) is 26.5. The number of hydrogen-bond acceptors (Lipinski definition) is 7. The topological polar surface area (TPSA) is 99.9 Å². The van der Waals surface area contributed by atoms with E-state index in [-0.39, 0.29) is 38.9 Å². The quantitative estimate of drug-likeness (QED) is 0.341. The Bertz CT molecular complexity index is 1550. The lowest BCUT2D eigenvalue weighted by Gasteiger charge is -2.12. The van der Waals surface area contributed by atoms with Crippen LogP contribution in [0.15, 0.2) is 47.5 Å². The van der Waals surface area contributed by atoms with Gasteiger partial charge in [0.05, 0.1) is 10.6 Å². The molecule has 0 unspecified atom stereocenters. The Morgan fingerprint density at radius 1 is 0.972 bits per heavy atom. The lowest BCUT2D eigenvalue weighted by Crippen LogP contribution is -2.16. The van der Waals surface area contributed by atoms with Gasteiger partial charge in [-0.05, 0) is 23.8 Å². The van der Waals surface area contributed by atoms with Crippen LogP contribution >= 0.6 is 0 Å². The predicted octanol–water partition coefficient (Wildman–Crippen LogP) is 4.80. The highest BCUT2D eigenvalue weighted by molar-refractivity contribution is 7.91. The van der Waals surface area contributed by atoms with Crippen LogP contribution in [0.25, 0.3) is 33.8 Å². The molecule has 3 aromatic heterocycles. The summed E-state index contributed by atoms with van der Waals surface area (Å²) in [7, 11) is -2.51. The number of nitrogens with zero attached hydrogens (tertiary/aromatic N) is 5. The van der Waals surface area contributed by atoms with Crippen LogP contribution in [-0.2, 0) is 23.1 Å². The standard InChI is InChI=1S/C21H15F6N5O3S/c1-3-36(33,34)15-8-12(11-4-6-13(7-5-11)35-21(25,26)27)10-28-17(15)19-29-14-9-16(20(22,23)24)30-31-18(14)32(19)2/h4-10H,3H2,1-2H3. The van der Waals surface area contributed by atoms with Crippen LogP contribution in [-0.4, -0.2) is 45.3 Å². The second-order valence-electron chi connectivity index (χ2n) is 7.48. The molecule has 4 aromatic rings. The Morgan fingerprint density at radius 3 is 2.22 bits per heavy atom. The minimum Gasteiger partial charge on any atom is -0.406 e. The van der Waals surface area contributed by atoms with Gasteiger partial charge in [0.1, 0.15) is 17.0 Å². The first-order valence-corrected chi connectivity index (χ1v) is 11.7. The number of imidazole rings is 1. The molecule has 0 spiro atoms. The molecule has 0 amide bonds. The molecule has 1 aromatic carbocycles. The van der Waals surface area contributed by atoms with Crippen molar-refractivity contribution in [2.24, 2.45) is 7.05 Å². The van der Waals surface area contributed by atoms with E-state index < -0.39 is 33.8 Å². The van der Waals surface area contributed by atoms with Crippen LogP contribution in [0.3, 0.4) is 0 Å². The molecule has 3 heterocycles. The van der Waals surface area contributed by atoms with Gasteiger partial charge < -0.3 is 9.30 Å². The maximum Gasteiger partial charge on any atom is 0.573 e. The van der Waals surface area contributed by atoms with Crippen LogP contribution in [0, 0.1) is 0 Å². The van der Waals surface area contributed by atoms with E-state index in [1.54, 1.807) is 0 Å². The molecule has 0 saturated heterocycles. The van der Waals surface area contributed by atoms with Gasteiger partial charge in [-0.15, -0.1) is 23.4 Å². The number of aryl methyl sites for hydroxylation is 1. The minimum absolute atomic E-state index is 0.0241. The van der Waals surface area contributed by atoms with E-state index in [1.807, 2.05) is 0 Å². The number of halogens is 6. The number of hydrogen-bond donors (Lipinski definition) is 0. The highest BCUT2D eigenvalue weighted by Gasteiger charge is 2.34. The number of fused-ring (bicyclic) bond motifs is 1. The normalized spacial score (nSPS) is 12.8. The fourth-order valence-corrected chi connectivity index (χ4v) is 4.40. The summed E-state index contributed by atoms with van der Waals surface area (Å²) in [5, 5.41) is 6.73. The van der Waals surface area contributed by atoms with E-state index in [0.29, 0.717) is 11.6 Å². The SMILES string of the molecule is CCS(=O)(=O)c1cc(-c2ccc(OC(F)(F)F)cc2)cnc1-c1nc2cc(C(F)(F)F)nnc2n1C. The highest BCUT2D eigenvalue weighted by Crippen LogP contribution is 2.34. The van der Waals surface area contributed by atoms with Crippen LogP contribution in [0.1, 0.15) is 12.6 Å². The Hall–Kier alpha value is -3.75. The zero-order valence-corrected chi connectivity index (χ0v) is 19.2. The number of sulfone groups is 1. The fraction of sp³-hybridized carbons (Fsp3) is 0.238. The average molecular weight is 531 g/mol. The zero-order valence-electron chi connectivity index (χ0n) is 18.4. The summed E-state index contributed by atoms with van der Waals surface area (Å²) in [5.41, 5.74) is -0.970. The molecule has 8 nitrogen and oxygen atoms in total. The first-order valence-electron chi connectivity index (χ1n) is 10.1. The molecule has 0 aliphatic heterocycles. The Labute approximate surface area is 199 Å². The van der Waals surface area contributed by atoms with Crippen LogP contribution in [0.4, 0.5) is 26.3 Å². The first-order chi connectivity index (χ1) is 16.7. The molecule has 15 heteroatoms. The maximum absolute atomic E-state index is 13.0. The smallest absolute Gasteiger partial charge is 0.406 e. The van der Waals surface area contributed by atoms with Crippen molar-refractivity contribution in [2.75, 3.05) is 5.75 Å². The van der Waals surface area contributed by atoms with E-state index in [4.69, 9.17) is 0 Å². The van der Waals surface area contributed by atoms with Gasteiger partial charge in [0.25, 0.3) is 0 Å². The number of alkyl halides is 6. The molecule has 0 radical (unpaired) electrons. The molecule has 36 heavy (non-hydrogen) atoms. The molecular formula is C21H15F6N5O3S. The van der Waals surface area contributed by atoms with Gasteiger partial charge >= 0.3 is 12.5 Å². The highest BCUT2D eigenvalue weighted by atomic mass is 32.2. The second kappa shape index (κ2) is 8.72. The molecule has 0 aliphatic carbocycles. The summed E-state index contributed by atoms with van der Waals surface area (Å²) in [6.45, 7) is 1.39. The van der Waals surface area contributed by atoms with Crippen LogP contribution < -0.4 is 4.74 Å². The van der Waals surface area contributed by atoms with Crippen molar-refractivity contribution in [1.29, 1.82) is 0 Å². The van der Waals surface area contributed by atoms with Gasteiger partial charge in [-0.1, -0.05) is 19.1 Å². The summed E-state index contributed by atoms with van der Waals surface area (Å²) in [6.07, 6.45) is -8.35. The molecule has 0 bridgehead atoms. The van der Waals surface area contributed by atoms with Crippen molar-refractivity contribution in [2.45, 2.75) is 24.4 Å². The van der Waals surface area contributed by atoms with E-state index in [0.717, 1.165) is 12.1 Å². The third kappa shape index (κ3) is 4.96.